The first kappa shape index (κ1) is 13.7. The van der Waals surface area contributed by atoms with E-state index in [-0.39, 0.29) is 5.92 Å². The van der Waals surface area contributed by atoms with Crippen LogP contribution >= 0.6 is 7.60 Å². The maximum Gasteiger partial charge on any atom is 0.378 e. The second-order valence-electron chi connectivity index (χ2n) is 4.15. The minimum absolute atomic E-state index is 0.285. The summed E-state index contributed by atoms with van der Waals surface area (Å²) in [5, 5.41) is 0. The Labute approximate surface area is 87.0 Å². The van der Waals surface area contributed by atoms with Crippen LogP contribution in [0.5, 0.6) is 0 Å². The molecule has 84 valence electrons. The zero-order chi connectivity index (χ0) is 11.2. The summed E-state index contributed by atoms with van der Waals surface area (Å²) in [6, 6.07) is 0. The van der Waals surface area contributed by atoms with Gasteiger partial charge in [0.15, 0.2) is 0 Å². The fourth-order valence-corrected chi connectivity index (χ4v) is 2.85. The van der Waals surface area contributed by atoms with Gasteiger partial charge in [0.05, 0.1) is 19.0 Å². The standard InChI is InChI=1S/C10H21O3P/c1-6-12-14(11,8-10(4)5)13-7-9(2)3/h6,9-10H,1,7-8H2,2-5H3. The van der Waals surface area contributed by atoms with Crippen molar-refractivity contribution in [3.05, 3.63) is 12.8 Å². The Balaban J connectivity index is 4.23. The summed E-state index contributed by atoms with van der Waals surface area (Å²) in [5.74, 6) is 0.636. The van der Waals surface area contributed by atoms with Crippen molar-refractivity contribution in [2.24, 2.45) is 11.8 Å². The third-order valence-electron chi connectivity index (χ3n) is 1.43. The van der Waals surface area contributed by atoms with E-state index in [4.69, 9.17) is 9.05 Å². The summed E-state index contributed by atoms with van der Waals surface area (Å²) >= 11 is 0. The highest BCUT2D eigenvalue weighted by molar-refractivity contribution is 7.53. The van der Waals surface area contributed by atoms with Crippen molar-refractivity contribution in [3.8, 4) is 0 Å². The van der Waals surface area contributed by atoms with Crippen LogP contribution in [0.4, 0.5) is 0 Å². The van der Waals surface area contributed by atoms with Crippen molar-refractivity contribution in [1.29, 1.82) is 0 Å². The average molecular weight is 220 g/mol. The van der Waals surface area contributed by atoms with Crippen LogP contribution in [0.15, 0.2) is 12.8 Å². The molecule has 0 saturated heterocycles. The minimum atomic E-state index is -2.95. The third kappa shape index (κ3) is 6.22. The normalized spacial score (nSPS) is 15.6. The number of rotatable bonds is 7. The smallest absolute Gasteiger partial charge is 0.378 e. The molecule has 1 atom stereocenters. The van der Waals surface area contributed by atoms with Gasteiger partial charge in [0, 0.05) is 0 Å². The van der Waals surface area contributed by atoms with Gasteiger partial charge in [0.2, 0.25) is 0 Å². The van der Waals surface area contributed by atoms with E-state index in [2.05, 4.69) is 6.58 Å². The van der Waals surface area contributed by atoms with Crippen LogP contribution in [-0.4, -0.2) is 12.8 Å². The van der Waals surface area contributed by atoms with Crippen LogP contribution in [0, 0.1) is 11.8 Å². The summed E-state index contributed by atoms with van der Waals surface area (Å²) in [6.45, 7) is 11.8. The predicted molar refractivity (Wildman–Crippen MR) is 59.4 cm³/mol. The minimum Gasteiger partial charge on any atom is -0.433 e. The molecule has 0 aliphatic carbocycles. The molecule has 0 bridgehead atoms. The van der Waals surface area contributed by atoms with Crippen molar-refractivity contribution in [2.75, 3.05) is 12.8 Å². The van der Waals surface area contributed by atoms with Crippen molar-refractivity contribution in [3.63, 3.8) is 0 Å². The molecule has 0 N–H and O–H groups in total. The van der Waals surface area contributed by atoms with E-state index in [9.17, 15) is 4.57 Å². The first-order chi connectivity index (χ1) is 6.39. The molecule has 0 aromatic rings. The van der Waals surface area contributed by atoms with Gasteiger partial charge in [-0.15, -0.1) is 0 Å². The van der Waals surface area contributed by atoms with E-state index in [0.717, 1.165) is 0 Å². The summed E-state index contributed by atoms with van der Waals surface area (Å²) in [7, 11) is -2.95. The van der Waals surface area contributed by atoms with E-state index < -0.39 is 7.60 Å². The Kier molecular flexibility index (Phi) is 6.14. The van der Waals surface area contributed by atoms with Crippen molar-refractivity contribution < 1.29 is 13.6 Å². The summed E-state index contributed by atoms with van der Waals surface area (Å²) in [4.78, 5) is 0. The average Bonchev–Trinajstić information content (AvgIpc) is 2.00. The molecule has 0 spiro atoms. The summed E-state index contributed by atoms with van der Waals surface area (Å²) in [6.07, 6.45) is 1.63. The largest absolute Gasteiger partial charge is 0.433 e. The van der Waals surface area contributed by atoms with E-state index in [1.807, 2.05) is 27.7 Å². The van der Waals surface area contributed by atoms with Gasteiger partial charge in [0.1, 0.15) is 0 Å². The molecule has 0 aromatic carbocycles. The molecule has 0 heterocycles. The molecule has 0 amide bonds. The number of hydrogen-bond donors (Lipinski definition) is 0. The molecule has 0 aliphatic heterocycles. The lowest BCUT2D eigenvalue weighted by Gasteiger charge is -2.19. The van der Waals surface area contributed by atoms with Gasteiger partial charge >= 0.3 is 7.60 Å². The highest BCUT2D eigenvalue weighted by Crippen LogP contribution is 2.50. The molecule has 0 aliphatic rings. The molecule has 4 heteroatoms. The van der Waals surface area contributed by atoms with Crippen LogP contribution in [0.3, 0.4) is 0 Å². The molecular weight excluding hydrogens is 199 g/mol. The van der Waals surface area contributed by atoms with Crippen molar-refractivity contribution >= 4 is 7.60 Å². The van der Waals surface area contributed by atoms with Gasteiger partial charge in [0.25, 0.3) is 0 Å². The fraction of sp³-hybridized carbons (Fsp3) is 0.800. The fourth-order valence-electron chi connectivity index (χ4n) is 0.950. The van der Waals surface area contributed by atoms with Gasteiger partial charge in [-0.05, 0) is 11.8 Å². The molecule has 0 rings (SSSR count). The molecular formula is C10H21O3P. The van der Waals surface area contributed by atoms with Crippen LogP contribution in [0.25, 0.3) is 0 Å². The van der Waals surface area contributed by atoms with E-state index in [1.165, 1.54) is 6.26 Å². The molecule has 0 aromatic heterocycles. The second kappa shape index (κ2) is 6.26. The first-order valence-electron chi connectivity index (χ1n) is 4.92. The van der Waals surface area contributed by atoms with Crippen molar-refractivity contribution in [2.45, 2.75) is 27.7 Å². The lowest BCUT2D eigenvalue weighted by Crippen LogP contribution is -2.06. The Morgan fingerprint density at radius 1 is 1.29 bits per heavy atom. The van der Waals surface area contributed by atoms with Crippen LogP contribution in [0.1, 0.15) is 27.7 Å². The molecule has 3 nitrogen and oxygen atoms in total. The van der Waals surface area contributed by atoms with E-state index in [0.29, 0.717) is 18.7 Å². The first-order valence-corrected chi connectivity index (χ1v) is 6.65. The predicted octanol–water partition coefficient (Wildman–Crippen LogP) is 3.67. The highest BCUT2D eigenvalue weighted by atomic mass is 31.2. The maximum absolute atomic E-state index is 12.0. The Hall–Kier alpha value is -0.270. The topological polar surface area (TPSA) is 35.5 Å². The Bertz CT molecular complexity index is 211. The van der Waals surface area contributed by atoms with E-state index in [1.54, 1.807) is 0 Å². The van der Waals surface area contributed by atoms with Gasteiger partial charge in [-0.3, -0.25) is 4.52 Å². The van der Waals surface area contributed by atoms with Crippen LogP contribution in [0.2, 0.25) is 0 Å². The monoisotopic (exact) mass is 220 g/mol. The number of hydrogen-bond acceptors (Lipinski definition) is 3. The third-order valence-corrected chi connectivity index (χ3v) is 3.62. The molecule has 1 unspecified atom stereocenters. The van der Waals surface area contributed by atoms with Gasteiger partial charge in [-0.2, -0.15) is 0 Å². The molecule has 14 heavy (non-hydrogen) atoms. The highest BCUT2D eigenvalue weighted by Gasteiger charge is 2.26. The quantitative estimate of drug-likeness (QED) is 0.485. The zero-order valence-corrected chi connectivity index (χ0v) is 10.4. The lowest BCUT2D eigenvalue weighted by molar-refractivity contribution is 0.219. The molecule has 0 radical (unpaired) electrons. The van der Waals surface area contributed by atoms with Crippen LogP contribution in [-0.2, 0) is 13.6 Å². The maximum atomic E-state index is 12.0. The lowest BCUT2D eigenvalue weighted by atomic mass is 10.2. The molecule has 0 fully saturated rings. The molecule has 0 saturated carbocycles. The van der Waals surface area contributed by atoms with Crippen molar-refractivity contribution in [1.82, 2.24) is 0 Å². The van der Waals surface area contributed by atoms with E-state index >= 15 is 0 Å². The summed E-state index contributed by atoms with van der Waals surface area (Å²) in [5.41, 5.74) is 0. The SMILES string of the molecule is C=COP(=O)(CC(C)C)OCC(C)C. The Morgan fingerprint density at radius 3 is 2.21 bits per heavy atom. The van der Waals surface area contributed by atoms with Gasteiger partial charge < -0.3 is 4.52 Å². The summed E-state index contributed by atoms with van der Waals surface area (Å²) < 4.78 is 22.3. The Morgan fingerprint density at radius 2 is 1.86 bits per heavy atom. The second-order valence-corrected chi connectivity index (χ2v) is 6.20. The zero-order valence-electron chi connectivity index (χ0n) is 9.53. The van der Waals surface area contributed by atoms with Gasteiger partial charge in [-0.25, -0.2) is 4.57 Å². The van der Waals surface area contributed by atoms with Crippen LogP contribution < -0.4 is 0 Å². The van der Waals surface area contributed by atoms with Gasteiger partial charge in [-0.1, -0.05) is 34.3 Å².